The van der Waals surface area contributed by atoms with Gasteiger partial charge in [-0.05, 0) is 38.1 Å². The molecule has 3 rings (SSSR count). The first-order chi connectivity index (χ1) is 8.72. The third kappa shape index (κ3) is 2.53. The lowest BCUT2D eigenvalue weighted by Crippen LogP contribution is -2.22. The minimum atomic E-state index is 0.800. The summed E-state index contributed by atoms with van der Waals surface area (Å²) in [5.41, 5.74) is 3.12. The first kappa shape index (κ1) is 11.7. The summed E-state index contributed by atoms with van der Waals surface area (Å²) in [7, 11) is 0. The Labute approximate surface area is 107 Å². The number of aryl methyl sites for hydroxylation is 1. The van der Waals surface area contributed by atoms with Gasteiger partial charge in [-0.1, -0.05) is 6.92 Å². The third-order valence-corrected chi connectivity index (χ3v) is 3.71. The summed E-state index contributed by atoms with van der Waals surface area (Å²) in [6, 6.07) is 1.99. The molecule has 0 radical (unpaired) electrons. The van der Waals surface area contributed by atoms with Crippen LogP contribution in [0.25, 0.3) is 5.65 Å². The van der Waals surface area contributed by atoms with Crippen molar-refractivity contribution in [3.63, 3.8) is 0 Å². The fraction of sp³-hybridized carbons (Fsp3) is 0.571. The van der Waals surface area contributed by atoms with Crippen molar-refractivity contribution in [2.75, 3.05) is 6.54 Å². The van der Waals surface area contributed by atoms with E-state index in [-0.39, 0.29) is 0 Å². The maximum Gasteiger partial charge on any atom is 0.155 e. The number of rotatable bonds is 5. The molecule has 0 aromatic carbocycles. The number of fused-ring (bicyclic) bond motifs is 1. The second kappa shape index (κ2) is 4.69. The molecule has 1 fully saturated rings. The summed E-state index contributed by atoms with van der Waals surface area (Å²) >= 11 is 0. The van der Waals surface area contributed by atoms with Gasteiger partial charge in [0.25, 0.3) is 0 Å². The second-order valence-electron chi connectivity index (χ2n) is 5.50. The molecule has 1 N–H and O–H groups in total. The maximum absolute atomic E-state index is 4.41. The van der Waals surface area contributed by atoms with E-state index in [9.17, 15) is 0 Å². The SMILES string of the molecule is Cc1cc2ncc(CNCC(C)C3CC3)cn2n1. The van der Waals surface area contributed by atoms with E-state index in [1.165, 1.54) is 18.4 Å². The van der Waals surface area contributed by atoms with Crippen molar-refractivity contribution in [2.45, 2.75) is 33.2 Å². The van der Waals surface area contributed by atoms with Gasteiger partial charge in [-0.3, -0.25) is 0 Å². The highest BCUT2D eigenvalue weighted by Gasteiger charge is 2.27. The van der Waals surface area contributed by atoms with Crippen molar-refractivity contribution in [3.8, 4) is 0 Å². The van der Waals surface area contributed by atoms with E-state index in [2.05, 4.69) is 28.5 Å². The summed E-state index contributed by atoms with van der Waals surface area (Å²) in [6.45, 7) is 6.30. The summed E-state index contributed by atoms with van der Waals surface area (Å²) in [6.07, 6.45) is 6.83. The molecule has 0 saturated heterocycles. The van der Waals surface area contributed by atoms with Crippen LogP contribution in [0.5, 0.6) is 0 Å². The van der Waals surface area contributed by atoms with Crippen LogP contribution in [0.1, 0.15) is 31.0 Å². The van der Waals surface area contributed by atoms with Crippen molar-refractivity contribution >= 4 is 5.65 Å². The van der Waals surface area contributed by atoms with Crippen LogP contribution in [0.2, 0.25) is 0 Å². The van der Waals surface area contributed by atoms with E-state index >= 15 is 0 Å². The quantitative estimate of drug-likeness (QED) is 0.876. The zero-order valence-corrected chi connectivity index (χ0v) is 11.1. The minimum absolute atomic E-state index is 0.800. The maximum atomic E-state index is 4.41. The second-order valence-corrected chi connectivity index (χ2v) is 5.50. The highest BCUT2D eigenvalue weighted by Crippen LogP contribution is 2.36. The lowest BCUT2D eigenvalue weighted by molar-refractivity contribution is 0.461. The highest BCUT2D eigenvalue weighted by molar-refractivity contribution is 5.38. The first-order valence-corrected chi connectivity index (χ1v) is 6.74. The van der Waals surface area contributed by atoms with E-state index in [1.807, 2.05) is 23.7 Å². The van der Waals surface area contributed by atoms with E-state index in [0.717, 1.165) is 36.3 Å². The third-order valence-electron chi connectivity index (χ3n) is 3.71. The van der Waals surface area contributed by atoms with Gasteiger partial charge in [-0.25, -0.2) is 9.50 Å². The Morgan fingerprint density at radius 2 is 2.33 bits per heavy atom. The fourth-order valence-corrected chi connectivity index (χ4v) is 2.40. The van der Waals surface area contributed by atoms with Crippen molar-refractivity contribution in [3.05, 3.63) is 29.7 Å². The van der Waals surface area contributed by atoms with Crippen molar-refractivity contribution in [2.24, 2.45) is 11.8 Å². The lowest BCUT2D eigenvalue weighted by Gasteiger charge is -2.11. The number of hydrogen-bond donors (Lipinski definition) is 1. The number of aromatic nitrogens is 3. The van der Waals surface area contributed by atoms with E-state index < -0.39 is 0 Å². The average molecular weight is 244 g/mol. The van der Waals surface area contributed by atoms with Crippen LogP contribution in [0.3, 0.4) is 0 Å². The van der Waals surface area contributed by atoms with Gasteiger partial charge in [-0.2, -0.15) is 5.10 Å². The topological polar surface area (TPSA) is 42.2 Å². The van der Waals surface area contributed by atoms with Crippen molar-refractivity contribution in [1.82, 2.24) is 19.9 Å². The Bertz CT molecular complexity index is 542. The van der Waals surface area contributed by atoms with Gasteiger partial charge < -0.3 is 5.32 Å². The largest absolute Gasteiger partial charge is 0.312 e. The van der Waals surface area contributed by atoms with E-state index in [1.54, 1.807) is 0 Å². The molecule has 0 amide bonds. The molecule has 2 aromatic rings. The zero-order chi connectivity index (χ0) is 12.5. The molecule has 96 valence electrons. The molecule has 0 spiro atoms. The molecule has 1 saturated carbocycles. The van der Waals surface area contributed by atoms with Crippen LogP contribution < -0.4 is 5.32 Å². The van der Waals surface area contributed by atoms with Crippen LogP contribution in [0, 0.1) is 18.8 Å². The fourth-order valence-electron chi connectivity index (χ4n) is 2.40. The zero-order valence-electron chi connectivity index (χ0n) is 11.1. The van der Waals surface area contributed by atoms with E-state index in [0.29, 0.717) is 0 Å². The molecule has 1 atom stereocenters. The Morgan fingerprint density at radius 1 is 1.50 bits per heavy atom. The Kier molecular flexibility index (Phi) is 3.04. The summed E-state index contributed by atoms with van der Waals surface area (Å²) in [5.74, 6) is 1.76. The Morgan fingerprint density at radius 3 is 3.11 bits per heavy atom. The van der Waals surface area contributed by atoms with Gasteiger partial charge in [-0.15, -0.1) is 0 Å². The van der Waals surface area contributed by atoms with Crippen LogP contribution in [0.4, 0.5) is 0 Å². The summed E-state index contributed by atoms with van der Waals surface area (Å²) < 4.78 is 1.86. The predicted octanol–water partition coefficient (Wildman–Crippen LogP) is 2.17. The molecule has 0 aliphatic heterocycles. The highest BCUT2D eigenvalue weighted by atomic mass is 15.2. The number of nitrogens with zero attached hydrogens (tertiary/aromatic N) is 3. The Balaban J connectivity index is 1.59. The van der Waals surface area contributed by atoms with Gasteiger partial charge in [0, 0.05) is 30.6 Å². The van der Waals surface area contributed by atoms with Crippen molar-refractivity contribution < 1.29 is 0 Å². The number of nitrogens with one attached hydrogen (secondary N) is 1. The smallest absolute Gasteiger partial charge is 0.155 e. The van der Waals surface area contributed by atoms with Gasteiger partial charge in [0.05, 0.1) is 5.69 Å². The summed E-state index contributed by atoms with van der Waals surface area (Å²) in [4.78, 5) is 4.41. The first-order valence-electron chi connectivity index (χ1n) is 6.74. The molecular formula is C14H20N4. The van der Waals surface area contributed by atoms with Crippen LogP contribution in [-0.2, 0) is 6.54 Å². The normalized spacial score (nSPS) is 17.2. The molecular weight excluding hydrogens is 224 g/mol. The molecule has 1 unspecified atom stereocenters. The van der Waals surface area contributed by atoms with Gasteiger partial charge in [0.1, 0.15) is 0 Å². The molecule has 4 nitrogen and oxygen atoms in total. The van der Waals surface area contributed by atoms with Crippen LogP contribution in [-0.4, -0.2) is 21.1 Å². The monoisotopic (exact) mass is 244 g/mol. The van der Waals surface area contributed by atoms with Crippen LogP contribution in [0.15, 0.2) is 18.5 Å². The standard InChI is InChI=1S/C14H20N4/c1-10(13-3-4-13)6-15-7-12-8-16-14-5-11(2)17-18(14)9-12/h5,8-10,13,15H,3-4,6-7H2,1-2H3. The molecule has 2 heterocycles. The van der Waals surface area contributed by atoms with Crippen LogP contribution >= 0.6 is 0 Å². The lowest BCUT2D eigenvalue weighted by atomic mass is 10.1. The predicted molar refractivity (Wildman–Crippen MR) is 71.3 cm³/mol. The molecule has 0 bridgehead atoms. The Hall–Kier alpha value is -1.42. The average Bonchev–Trinajstić information content (AvgIpc) is 3.11. The molecule has 1 aliphatic carbocycles. The van der Waals surface area contributed by atoms with Gasteiger partial charge in [0.2, 0.25) is 0 Å². The minimum Gasteiger partial charge on any atom is -0.312 e. The van der Waals surface area contributed by atoms with Gasteiger partial charge in [0.15, 0.2) is 5.65 Å². The summed E-state index contributed by atoms with van der Waals surface area (Å²) in [5, 5.41) is 7.89. The molecule has 1 aliphatic rings. The molecule has 2 aromatic heterocycles. The van der Waals surface area contributed by atoms with Gasteiger partial charge >= 0.3 is 0 Å². The van der Waals surface area contributed by atoms with E-state index in [4.69, 9.17) is 0 Å². The molecule has 4 heteroatoms. The van der Waals surface area contributed by atoms with Crippen molar-refractivity contribution in [1.29, 1.82) is 0 Å². The molecule has 18 heavy (non-hydrogen) atoms. The number of hydrogen-bond acceptors (Lipinski definition) is 3.